The quantitative estimate of drug-likeness (QED) is 0.752. The number of hydrogen-bond acceptors (Lipinski definition) is 1. The number of aromatic nitrogens is 1. The van der Waals surface area contributed by atoms with Gasteiger partial charge in [0.15, 0.2) is 0 Å². The van der Waals surface area contributed by atoms with Crippen LogP contribution in [0.25, 0.3) is 5.52 Å². The second-order valence-electron chi connectivity index (χ2n) is 2.53. The monoisotopic (exact) mass is 191 g/mol. The van der Waals surface area contributed by atoms with Crippen LogP contribution in [-0.4, -0.2) is 15.5 Å². The molecule has 3 nitrogen and oxygen atoms in total. The van der Waals surface area contributed by atoms with Crippen LogP contribution < -0.4 is 0 Å². The average molecular weight is 191 g/mol. The van der Waals surface area contributed by atoms with Gasteiger partial charge in [-0.3, -0.25) is 0 Å². The summed E-state index contributed by atoms with van der Waals surface area (Å²) in [6.07, 6.45) is 3.56. The highest BCUT2D eigenvalue weighted by Gasteiger charge is 2.07. The van der Waals surface area contributed by atoms with Crippen molar-refractivity contribution in [2.75, 3.05) is 0 Å². The first-order chi connectivity index (χ1) is 6.79. The van der Waals surface area contributed by atoms with E-state index in [2.05, 4.69) is 0 Å². The molecule has 0 saturated heterocycles. The molecule has 0 fully saturated rings. The van der Waals surface area contributed by atoms with Gasteiger partial charge in [-0.05, 0) is 18.2 Å². The third-order valence-corrected chi connectivity index (χ3v) is 1.80. The minimum absolute atomic E-state index is 0.343. The van der Waals surface area contributed by atoms with E-state index in [4.69, 9.17) is 5.11 Å². The van der Waals surface area contributed by atoms with Crippen LogP contribution in [0, 0.1) is 0 Å². The normalized spacial score (nSPS) is 9.29. The predicted molar refractivity (Wildman–Crippen MR) is 55.7 cm³/mol. The van der Waals surface area contributed by atoms with Crippen molar-refractivity contribution in [1.29, 1.82) is 0 Å². The Hall–Kier alpha value is -1.77. The van der Waals surface area contributed by atoms with Crippen LogP contribution in [-0.2, 0) is 0 Å². The summed E-state index contributed by atoms with van der Waals surface area (Å²) < 4.78 is 1.78. The molecule has 0 aliphatic rings. The maximum absolute atomic E-state index is 10.7. The minimum Gasteiger partial charge on any atom is -0.478 e. The number of pyridine rings is 1. The molecule has 74 valence electrons. The number of fused-ring (bicyclic) bond motifs is 1. The van der Waals surface area contributed by atoms with Crippen molar-refractivity contribution in [3.8, 4) is 0 Å². The zero-order chi connectivity index (χ0) is 10.6. The molecule has 3 heteroatoms. The molecule has 2 aromatic rings. The molecule has 1 N–H and O–H groups in total. The van der Waals surface area contributed by atoms with Crippen LogP contribution >= 0.6 is 0 Å². The lowest BCUT2D eigenvalue weighted by Gasteiger charge is -1.93. The molecule has 0 amide bonds. The van der Waals surface area contributed by atoms with Crippen molar-refractivity contribution >= 4 is 11.5 Å². The zero-order valence-electron chi connectivity index (χ0n) is 8.27. The molecule has 2 heterocycles. The summed E-state index contributed by atoms with van der Waals surface area (Å²) in [4.78, 5) is 10.7. The fraction of sp³-hybridized carbons (Fsp3) is 0.182. The maximum Gasteiger partial charge on any atom is 0.337 e. The summed E-state index contributed by atoms with van der Waals surface area (Å²) >= 11 is 0. The van der Waals surface area contributed by atoms with Crippen LogP contribution in [0.1, 0.15) is 24.2 Å². The van der Waals surface area contributed by atoms with E-state index in [0.717, 1.165) is 5.52 Å². The zero-order valence-corrected chi connectivity index (χ0v) is 8.27. The third kappa shape index (κ3) is 1.76. The van der Waals surface area contributed by atoms with Gasteiger partial charge in [0, 0.05) is 12.4 Å². The van der Waals surface area contributed by atoms with E-state index in [1.54, 1.807) is 22.7 Å². The first kappa shape index (κ1) is 10.3. The Morgan fingerprint density at radius 3 is 2.57 bits per heavy atom. The molecular formula is C11H13NO2. The van der Waals surface area contributed by atoms with Crippen LogP contribution in [0.15, 0.2) is 36.7 Å². The molecule has 0 spiro atoms. The molecule has 0 aromatic carbocycles. The molecule has 0 aliphatic carbocycles. The number of hydrogen-bond donors (Lipinski definition) is 1. The molecule has 0 atom stereocenters. The topological polar surface area (TPSA) is 41.7 Å². The first-order valence-corrected chi connectivity index (χ1v) is 4.58. The number of carboxylic acids is 1. The Balaban J connectivity index is 0.000000461. The summed E-state index contributed by atoms with van der Waals surface area (Å²) in [5.41, 5.74) is 1.07. The Morgan fingerprint density at radius 1 is 1.21 bits per heavy atom. The van der Waals surface area contributed by atoms with E-state index in [1.165, 1.54) is 0 Å². The molecule has 0 bridgehead atoms. The Bertz CT molecular complexity index is 432. The van der Waals surface area contributed by atoms with E-state index in [1.807, 2.05) is 32.2 Å². The number of nitrogens with zero attached hydrogens (tertiary/aromatic N) is 1. The molecule has 0 unspecified atom stereocenters. The van der Waals surface area contributed by atoms with Gasteiger partial charge >= 0.3 is 5.97 Å². The smallest absolute Gasteiger partial charge is 0.337 e. The lowest BCUT2D eigenvalue weighted by atomic mass is 10.2. The van der Waals surface area contributed by atoms with Crippen LogP contribution in [0.5, 0.6) is 0 Å². The standard InChI is InChI=1S/C9H7NO2.C2H6/c11-9(12)7-4-6-10-5-2-1-3-8(7)10;1-2/h1-6H,(H,11,12);1-2H3. The van der Waals surface area contributed by atoms with Crippen molar-refractivity contribution < 1.29 is 9.90 Å². The highest BCUT2D eigenvalue weighted by molar-refractivity contribution is 5.95. The highest BCUT2D eigenvalue weighted by Crippen LogP contribution is 2.11. The van der Waals surface area contributed by atoms with Gasteiger partial charge in [0.05, 0.1) is 11.1 Å². The third-order valence-electron chi connectivity index (χ3n) is 1.80. The second kappa shape index (κ2) is 4.46. The van der Waals surface area contributed by atoms with Crippen molar-refractivity contribution in [3.63, 3.8) is 0 Å². The SMILES string of the molecule is CC.O=C(O)c1ccn2ccccc12. The molecule has 14 heavy (non-hydrogen) atoms. The van der Waals surface area contributed by atoms with E-state index >= 15 is 0 Å². The van der Waals surface area contributed by atoms with Gasteiger partial charge in [0.2, 0.25) is 0 Å². The molecular weight excluding hydrogens is 178 g/mol. The highest BCUT2D eigenvalue weighted by atomic mass is 16.4. The molecule has 0 radical (unpaired) electrons. The van der Waals surface area contributed by atoms with Crippen molar-refractivity contribution in [1.82, 2.24) is 4.40 Å². The lowest BCUT2D eigenvalue weighted by molar-refractivity contribution is 0.0699. The average Bonchev–Trinajstić information content (AvgIpc) is 2.64. The van der Waals surface area contributed by atoms with Gasteiger partial charge in [0.25, 0.3) is 0 Å². The van der Waals surface area contributed by atoms with E-state index in [9.17, 15) is 4.79 Å². The lowest BCUT2D eigenvalue weighted by Crippen LogP contribution is -1.94. The summed E-state index contributed by atoms with van der Waals surface area (Å²) in [7, 11) is 0. The van der Waals surface area contributed by atoms with Crippen molar-refractivity contribution in [3.05, 3.63) is 42.2 Å². The number of aromatic carboxylic acids is 1. The van der Waals surface area contributed by atoms with Crippen LogP contribution in [0.4, 0.5) is 0 Å². The van der Waals surface area contributed by atoms with Crippen molar-refractivity contribution in [2.45, 2.75) is 13.8 Å². The first-order valence-electron chi connectivity index (χ1n) is 4.58. The van der Waals surface area contributed by atoms with Gasteiger partial charge in [-0.25, -0.2) is 4.79 Å². The van der Waals surface area contributed by atoms with Gasteiger partial charge < -0.3 is 9.51 Å². The number of rotatable bonds is 1. The summed E-state index contributed by atoms with van der Waals surface area (Å²) in [5, 5.41) is 8.76. The number of carboxylic acid groups (broad SMARTS) is 1. The molecule has 2 aromatic heterocycles. The second-order valence-corrected chi connectivity index (χ2v) is 2.53. The molecule has 0 saturated carbocycles. The van der Waals surface area contributed by atoms with Gasteiger partial charge in [0.1, 0.15) is 0 Å². The maximum atomic E-state index is 10.7. The van der Waals surface area contributed by atoms with Gasteiger partial charge in [-0.15, -0.1) is 0 Å². The number of carbonyl (C=O) groups is 1. The van der Waals surface area contributed by atoms with Gasteiger partial charge in [-0.1, -0.05) is 19.9 Å². The van der Waals surface area contributed by atoms with Crippen LogP contribution in [0.2, 0.25) is 0 Å². The fourth-order valence-electron chi connectivity index (χ4n) is 1.24. The van der Waals surface area contributed by atoms with E-state index in [0.29, 0.717) is 5.56 Å². The predicted octanol–water partition coefficient (Wildman–Crippen LogP) is 2.66. The summed E-state index contributed by atoms with van der Waals surface area (Å²) in [6, 6.07) is 7.06. The fourth-order valence-corrected chi connectivity index (χ4v) is 1.24. The van der Waals surface area contributed by atoms with Crippen LogP contribution in [0.3, 0.4) is 0 Å². The van der Waals surface area contributed by atoms with Crippen molar-refractivity contribution in [2.24, 2.45) is 0 Å². The largest absolute Gasteiger partial charge is 0.478 e. The summed E-state index contributed by atoms with van der Waals surface area (Å²) in [5.74, 6) is -0.885. The Kier molecular flexibility index (Phi) is 3.29. The van der Waals surface area contributed by atoms with Gasteiger partial charge in [-0.2, -0.15) is 0 Å². The Morgan fingerprint density at radius 2 is 1.93 bits per heavy atom. The minimum atomic E-state index is -0.885. The summed E-state index contributed by atoms with van der Waals surface area (Å²) in [6.45, 7) is 4.00. The van der Waals surface area contributed by atoms with E-state index < -0.39 is 5.97 Å². The molecule has 0 aliphatic heterocycles. The molecule has 2 rings (SSSR count). The van der Waals surface area contributed by atoms with E-state index in [-0.39, 0.29) is 0 Å². The Labute approximate surface area is 82.6 Å².